The van der Waals surface area contributed by atoms with Crippen molar-refractivity contribution in [2.45, 2.75) is 32.2 Å². The number of nitrogens with one attached hydrogen (secondary N) is 1. The van der Waals surface area contributed by atoms with E-state index in [1.165, 1.54) is 12.8 Å². The third-order valence-corrected chi connectivity index (χ3v) is 5.82. The summed E-state index contributed by atoms with van der Waals surface area (Å²) in [6.07, 6.45) is 4.58. The predicted octanol–water partition coefficient (Wildman–Crippen LogP) is 3.20. The second-order valence-electron chi connectivity index (χ2n) is 7.06. The van der Waals surface area contributed by atoms with Crippen molar-refractivity contribution in [3.63, 3.8) is 0 Å². The van der Waals surface area contributed by atoms with Gasteiger partial charge in [0, 0.05) is 24.1 Å². The minimum Gasteiger partial charge on any atom is -0.493 e. The molecule has 1 heterocycles. The molecule has 5 nitrogen and oxygen atoms in total. The molecule has 2 fully saturated rings. The van der Waals surface area contributed by atoms with E-state index in [2.05, 4.69) is 26.1 Å². The third kappa shape index (κ3) is 4.88. The van der Waals surface area contributed by atoms with Crippen LogP contribution in [0.25, 0.3) is 0 Å². The molecule has 0 aromatic heterocycles. The van der Waals surface area contributed by atoms with Crippen LogP contribution in [-0.4, -0.2) is 44.7 Å². The molecule has 2 aliphatic rings. The van der Waals surface area contributed by atoms with E-state index in [0.717, 1.165) is 60.7 Å². The summed E-state index contributed by atoms with van der Waals surface area (Å²) < 4.78 is 11.8. The van der Waals surface area contributed by atoms with Crippen molar-refractivity contribution < 1.29 is 14.3 Å². The lowest BCUT2D eigenvalue weighted by Crippen LogP contribution is -2.43. The average molecular weight is 411 g/mol. The lowest BCUT2D eigenvalue weighted by Gasteiger charge is -2.32. The fourth-order valence-corrected chi connectivity index (χ4v) is 3.83. The summed E-state index contributed by atoms with van der Waals surface area (Å²) >= 11 is 3.63. The van der Waals surface area contributed by atoms with Crippen LogP contribution < -0.4 is 14.8 Å². The van der Waals surface area contributed by atoms with Crippen molar-refractivity contribution in [3.8, 4) is 11.5 Å². The average Bonchev–Trinajstić information content (AvgIpc) is 3.45. The van der Waals surface area contributed by atoms with Gasteiger partial charge in [-0.25, -0.2) is 0 Å². The Morgan fingerprint density at radius 2 is 1.96 bits per heavy atom. The number of nitrogens with zero attached hydrogens (tertiary/aromatic N) is 1. The zero-order chi connectivity index (χ0) is 17.8. The number of carbonyl (C=O) groups is 1. The number of benzene rings is 1. The topological polar surface area (TPSA) is 50.8 Å². The van der Waals surface area contributed by atoms with Gasteiger partial charge in [-0.3, -0.25) is 9.69 Å². The normalized spacial score (nSPS) is 21.0. The second-order valence-corrected chi connectivity index (χ2v) is 7.92. The first-order chi connectivity index (χ1) is 12.1. The van der Waals surface area contributed by atoms with Gasteiger partial charge >= 0.3 is 0 Å². The molecule has 1 aromatic carbocycles. The Labute approximate surface area is 158 Å². The van der Waals surface area contributed by atoms with E-state index in [0.29, 0.717) is 5.75 Å². The van der Waals surface area contributed by atoms with Gasteiger partial charge in [-0.1, -0.05) is 15.9 Å². The number of carbonyl (C=O) groups excluding carboxylic acids is 1. The SMILES string of the molecule is COc1cc(Br)c(CN2CCCC(C(=O)NCC3CC3)C2)cc1OC. The molecule has 1 aliphatic carbocycles. The molecule has 3 rings (SSSR count). The number of halogens is 1. The van der Waals surface area contributed by atoms with Crippen LogP contribution in [0, 0.1) is 11.8 Å². The highest BCUT2D eigenvalue weighted by atomic mass is 79.9. The molecule has 1 saturated carbocycles. The van der Waals surface area contributed by atoms with E-state index in [1.807, 2.05) is 12.1 Å². The van der Waals surface area contributed by atoms with Crippen molar-refractivity contribution in [1.82, 2.24) is 10.2 Å². The van der Waals surface area contributed by atoms with Crippen molar-refractivity contribution in [2.75, 3.05) is 33.9 Å². The molecule has 1 atom stereocenters. The highest BCUT2D eigenvalue weighted by Crippen LogP contribution is 2.34. The van der Waals surface area contributed by atoms with Crippen LogP contribution in [0.3, 0.4) is 0 Å². The van der Waals surface area contributed by atoms with E-state index in [4.69, 9.17) is 9.47 Å². The van der Waals surface area contributed by atoms with Gasteiger partial charge in [0.2, 0.25) is 5.91 Å². The van der Waals surface area contributed by atoms with Crippen LogP contribution in [0.15, 0.2) is 16.6 Å². The maximum Gasteiger partial charge on any atom is 0.224 e. The second kappa shape index (κ2) is 8.41. The maximum absolute atomic E-state index is 12.4. The molecule has 0 spiro atoms. The summed E-state index contributed by atoms with van der Waals surface area (Å²) in [7, 11) is 3.29. The Morgan fingerprint density at radius 3 is 2.64 bits per heavy atom. The monoisotopic (exact) mass is 410 g/mol. The molecule has 25 heavy (non-hydrogen) atoms. The number of rotatable bonds is 7. The Bertz CT molecular complexity index is 619. The number of ether oxygens (including phenoxy) is 2. The summed E-state index contributed by atoms with van der Waals surface area (Å²) in [5, 5.41) is 3.13. The molecule has 1 aliphatic heterocycles. The molecule has 0 bridgehead atoms. The molecule has 1 aromatic rings. The predicted molar refractivity (Wildman–Crippen MR) is 101 cm³/mol. The molecular formula is C19H27BrN2O3. The van der Waals surface area contributed by atoms with Crippen molar-refractivity contribution in [3.05, 3.63) is 22.2 Å². The van der Waals surface area contributed by atoms with Crippen LogP contribution in [0.4, 0.5) is 0 Å². The lowest BCUT2D eigenvalue weighted by molar-refractivity contribution is -0.126. The molecule has 1 unspecified atom stereocenters. The van der Waals surface area contributed by atoms with Gasteiger partial charge in [-0.2, -0.15) is 0 Å². The zero-order valence-corrected chi connectivity index (χ0v) is 16.6. The van der Waals surface area contributed by atoms with Crippen molar-refractivity contribution >= 4 is 21.8 Å². The first-order valence-corrected chi connectivity index (χ1v) is 9.80. The molecular weight excluding hydrogens is 384 g/mol. The summed E-state index contributed by atoms with van der Waals surface area (Å²) in [5.74, 6) is 2.51. The van der Waals surface area contributed by atoms with Crippen molar-refractivity contribution in [2.24, 2.45) is 11.8 Å². The Hall–Kier alpha value is -1.27. The summed E-state index contributed by atoms with van der Waals surface area (Å²) in [4.78, 5) is 14.8. The van der Waals surface area contributed by atoms with Crippen LogP contribution in [0.1, 0.15) is 31.2 Å². The Morgan fingerprint density at radius 1 is 1.24 bits per heavy atom. The minimum absolute atomic E-state index is 0.103. The van der Waals surface area contributed by atoms with E-state index in [-0.39, 0.29) is 11.8 Å². The number of methoxy groups -OCH3 is 2. The number of amides is 1. The quantitative estimate of drug-likeness (QED) is 0.749. The number of likely N-dealkylation sites (tertiary alicyclic amines) is 1. The lowest BCUT2D eigenvalue weighted by atomic mass is 9.96. The highest BCUT2D eigenvalue weighted by molar-refractivity contribution is 9.10. The van der Waals surface area contributed by atoms with E-state index < -0.39 is 0 Å². The summed E-state index contributed by atoms with van der Waals surface area (Å²) in [6, 6.07) is 3.96. The van der Waals surface area contributed by atoms with Crippen LogP contribution in [0.5, 0.6) is 11.5 Å². The van der Waals surface area contributed by atoms with Gasteiger partial charge < -0.3 is 14.8 Å². The first-order valence-electron chi connectivity index (χ1n) is 9.01. The van der Waals surface area contributed by atoms with E-state index >= 15 is 0 Å². The molecule has 1 amide bonds. The first kappa shape index (κ1) is 18.5. The molecule has 6 heteroatoms. The molecule has 1 saturated heterocycles. The number of hydrogen-bond donors (Lipinski definition) is 1. The van der Waals surface area contributed by atoms with Gasteiger partial charge in [0.1, 0.15) is 0 Å². The fraction of sp³-hybridized carbons (Fsp3) is 0.632. The molecule has 0 radical (unpaired) electrons. The zero-order valence-electron chi connectivity index (χ0n) is 15.0. The maximum atomic E-state index is 12.4. The number of piperidine rings is 1. The number of hydrogen-bond acceptors (Lipinski definition) is 4. The summed E-state index contributed by atoms with van der Waals surface area (Å²) in [5.41, 5.74) is 1.15. The smallest absolute Gasteiger partial charge is 0.224 e. The molecule has 138 valence electrons. The van der Waals surface area contributed by atoms with Crippen LogP contribution in [0.2, 0.25) is 0 Å². The van der Waals surface area contributed by atoms with E-state index in [1.54, 1.807) is 14.2 Å². The Kier molecular flexibility index (Phi) is 6.23. The largest absolute Gasteiger partial charge is 0.493 e. The van der Waals surface area contributed by atoms with Gasteiger partial charge in [0.05, 0.1) is 20.1 Å². The van der Waals surface area contributed by atoms with Gasteiger partial charge in [0.25, 0.3) is 0 Å². The van der Waals surface area contributed by atoms with Crippen LogP contribution >= 0.6 is 15.9 Å². The van der Waals surface area contributed by atoms with Gasteiger partial charge in [-0.15, -0.1) is 0 Å². The van der Waals surface area contributed by atoms with Gasteiger partial charge in [-0.05, 0) is 55.8 Å². The fourth-order valence-electron chi connectivity index (χ4n) is 3.38. The van der Waals surface area contributed by atoms with Gasteiger partial charge in [0.15, 0.2) is 11.5 Å². The Balaban J connectivity index is 1.61. The highest BCUT2D eigenvalue weighted by Gasteiger charge is 2.28. The summed E-state index contributed by atoms with van der Waals surface area (Å²) in [6.45, 7) is 3.49. The van der Waals surface area contributed by atoms with Crippen molar-refractivity contribution in [1.29, 1.82) is 0 Å². The standard InChI is InChI=1S/C19H27BrN2O3/c1-24-17-8-15(16(20)9-18(17)25-2)12-22-7-3-4-14(11-22)19(23)21-10-13-5-6-13/h8-9,13-14H,3-7,10-12H2,1-2H3,(H,21,23). The third-order valence-electron chi connectivity index (χ3n) is 5.08. The van der Waals surface area contributed by atoms with Crippen LogP contribution in [-0.2, 0) is 11.3 Å². The van der Waals surface area contributed by atoms with E-state index in [9.17, 15) is 4.79 Å². The minimum atomic E-state index is 0.103. The molecule has 1 N–H and O–H groups in total.